The zero-order valence-electron chi connectivity index (χ0n) is 19.7. The van der Waals surface area contributed by atoms with Gasteiger partial charge >= 0.3 is 0 Å². The molecular weight excluding hydrogens is 452 g/mol. The van der Waals surface area contributed by atoms with Gasteiger partial charge in [0.05, 0.1) is 6.54 Å². The highest BCUT2D eigenvalue weighted by Gasteiger charge is 2.29. The van der Waals surface area contributed by atoms with Gasteiger partial charge in [0.25, 0.3) is 5.91 Å². The average molecular weight is 485 g/mol. The maximum atomic E-state index is 13.1. The van der Waals surface area contributed by atoms with Gasteiger partial charge in [-0.05, 0) is 55.2 Å². The number of halogens is 1. The Bertz CT molecular complexity index is 960. The van der Waals surface area contributed by atoms with E-state index in [0.29, 0.717) is 17.1 Å². The maximum absolute atomic E-state index is 13.1. The number of amides is 3. The predicted octanol–water partition coefficient (Wildman–Crippen LogP) is 3.70. The number of benzene rings is 2. The molecule has 2 aromatic rings. The molecule has 182 valence electrons. The van der Waals surface area contributed by atoms with E-state index in [0.717, 1.165) is 38.0 Å². The number of hydrogen-bond donors (Lipinski definition) is 3. The third-order valence-corrected chi connectivity index (χ3v) is 6.50. The van der Waals surface area contributed by atoms with Crippen LogP contribution in [0.4, 0.5) is 5.69 Å². The van der Waals surface area contributed by atoms with Gasteiger partial charge in [0.1, 0.15) is 6.04 Å². The summed E-state index contributed by atoms with van der Waals surface area (Å²) < 4.78 is 0. The molecular formula is C26H33ClN4O3. The van der Waals surface area contributed by atoms with E-state index < -0.39 is 6.04 Å². The van der Waals surface area contributed by atoms with Crippen LogP contribution in [-0.4, -0.2) is 54.3 Å². The molecule has 1 saturated heterocycles. The lowest BCUT2D eigenvalue weighted by Crippen LogP contribution is -2.54. The van der Waals surface area contributed by atoms with Gasteiger partial charge in [-0.3, -0.25) is 19.3 Å². The number of nitrogens with one attached hydrogen (secondary N) is 3. The fourth-order valence-corrected chi connectivity index (χ4v) is 4.11. The molecule has 7 nitrogen and oxygen atoms in total. The number of para-hydroxylation sites is 1. The number of likely N-dealkylation sites (tertiary alicyclic amines) is 1. The highest BCUT2D eigenvalue weighted by atomic mass is 35.5. The maximum Gasteiger partial charge on any atom is 0.251 e. The number of piperidine rings is 1. The van der Waals surface area contributed by atoms with Crippen LogP contribution in [-0.2, 0) is 9.59 Å². The summed E-state index contributed by atoms with van der Waals surface area (Å²) in [5.41, 5.74) is 1.25. The van der Waals surface area contributed by atoms with Crippen molar-refractivity contribution in [3.05, 3.63) is 65.2 Å². The van der Waals surface area contributed by atoms with Crippen LogP contribution < -0.4 is 16.0 Å². The van der Waals surface area contributed by atoms with Crippen LogP contribution in [0, 0.1) is 5.92 Å². The molecule has 0 unspecified atom stereocenters. The first kappa shape index (κ1) is 25.7. The van der Waals surface area contributed by atoms with Crippen molar-refractivity contribution < 1.29 is 14.4 Å². The Morgan fingerprint density at radius 1 is 1.03 bits per heavy atom. The smallest absolute Gasteiger partial charge is 0.251 e. The number of rotatable bonds is 9. The Labute approximate surface area is 206 Å². The van der Waals surface area contributed by atoms with E-state index in [2.05, 4.69) is 20.9 Å². The summed E-state index contributed by atoms with van der Waals surface area (Å²) in [6, 6.07) is 15.4. The third kappa shape index (κ3) is 7.57. The fraction of sp³-hybridized carbons (Fsp3) is 0.423. The predicted molar refractivity (Wildman–Crippen MR) is 135 cm³/mol. The first-order valence-corrected chi connectivity index (χ1v) is 12.2. The standard InChI is InChI=1S/C26H33ClN4O3/c1-3-18(2)24(30-25(33)19-9-11-20(27)12-10-19)26(34)29-22-13-15-31(16-14-22)17-23(32)28-21-7-5-4-6-8-21/h4-12,18,22,24H,3,13-17H2,1-2H3,(H,28,32)(H,29,34)(H,30,33)/t18-,24-/m0/s1. The molecule has 0 aliphatic carbocycles. The SMILES string of the molecule is CC[C@H](C)[C@H](NC(=O)c1ccc(Cl)cc1)C(=O)NC1CCN(CC(=O)Nc2ccccc2)CC1. The molecule has 3 rings (SSSR count). The van der Waals surface area contributed by atoms with E-state index in [4.69, 9.17) is 11.6 Å². The molecule has 0 radical (unpaired) electrons. The monoisotopic (exact) mass is 484 g/mol. The van der Waals surface area contributed by atoms with Crippen molar-refractivity contribution >= 4 is 35.0 Å². The first-order valence-electron chi connectivity index (χ1n) is 11.8. The zero-order chi connectivity index (χ0) is 24.5. The van der Waals surface area contributed by atoms with E-state index in [1.807, 2.05) is 44.2 Å². The molecule has 2 aromatic carbocycles. The summed E-state index contributed by atoms with van der Waals surface area (Å²) in [4.78, 5) is 40.2. The highest BCUT2D eigenvalue weighted by molar-refractivity contribution is 6.30. The highest BCUT2D eigenvalue weighted by Crippen LogP contribution is 2.15. The van der Waals surface area contributed by atoms with Crippen molar-refractivity contribution in [2.45, 2.75) is 45.2 Å². The van der Waals surface area contributed by atoms with E-state index >= 15 is 0 Å². The van der Waals surface area contributed by atoms with Crippen LogP contribution >= 0.6 is 11.6 Å². The number of anilines is 1. The largest absolute Gasteiger partial charge is 0.351 e. The van der Waals surface area contributed by atoms with Gasteiger partial charge in [0.2, 0.25) is 11.8 Å². The lowest BCUT2D eigenvalue weighted by atomic mass is 9.96. The zero-order valence-corrected chi connectivity index (χ0v) is 20.5. The Morgan fingerprint density at radius 2 is 1.68 bits per heavy atom. The third-order valence-electron chi connectivity index (χ3n) is 6.25. The Balaban J connectivity index is 1.48. The molecule has 1 aliphatic heterocycles. The van der Waals surface area contributed by atoms with Crippen molar-refractivity contribution in [2.75, 3.05) is 25.0 Å². The normalized spacial score (nSPS) is 16.3. The van der Waals surface area contributed by atoms with Crippen LogP contribution in [0.5, 0.6) is 0 Å². The lowest BCUT2D eigenvalue weighted by Gasteiger charge is -2.33. The van der Waals surface area contributed by atoms with Crippen molar-refractivity contribution in [3.8, 4) is 0 Å². The van der Waals surface area contributed by atoms with Crippen LogP contribution in [0.15, 0.2) is 54.6 Å². The molecule has 0 bridgehead atoms. The molecule has 2 atom stereocenters. The molecule has 8 heteroatoms. The van der Waals surface area contributed by atoms with Gasteiger partial charge in [-0.25, -0.2) is 0 Å². The second-order valence-electron chi connectivity index (χ2n) is 8.82. The number of hydrogen-bond acceptors (Lipinski definition) is 4. The second kappa shape index (κ2) is 12.5. The van der Waals surface area contributed by atoms with Gasteiger partial charge in [-0.2, -0.15) is 0 Å². The summed E-state index contributed by atoms with van der Waals surface area (Å²) in [6.45, 7) is 5.72. The summed E-state index contributed by atoms with van der Waals surface area (Å²) >= 11 is 5.91. The van der Waals surface area contributed by atoms with Gasteiger partial charge in [0, 0.05) is 35.4 Å². The summed E-state index contributed by atoms with van der Waals surface area (Å²) in [7, 11) is 0. The molecule has 0 saturated carbocycles. The minimum Gasteiger partial charge on any atom is -0.351 e. The summed E-state index contributed by atoms with van der Waals surface area (Å²) in [5.74, 6) is -0.526. The van der Waals surface area contributed by atoms with Crippen LogP contribution in [0.25, 0.3) is 0 Å². The van der Waals surface area contributed by atoms with Crippen molar-refractivity contribution in [3.63, 3.8) is 0 Å². The quantitative estimate of drug-likeness (QED) is 0.506. The van der Waals surface area contributed by atoms with Crippen LogP contribution in [0.3, 0.4) is 0 Å². The summed E-state index contributed by atoms with van der Waals surface area (Å²) in [6.07, 6.45) is 2.26. The Kier molecular flexibility index (Phi) is 9.48. The molecule has 1 aliphatic rings. The molecule has 0 spiro atoms. The van der Waals surface area contributed by atoms with Gasteiger partial charge in [0.15, 0.2) is 0 Å². The van der Waals surface area contributed by atoms with Crippen molar-refractivity contribution in [1.29, 1.82) is 0 Å². The molecule has 0 aromatic heterocycles. The molecule has 3 amide bonds. The second-order valence-corrected chi connectivity index (χ2v) is 9.25. The van der Waals surface area contributed by atoms with E-state index in [9.17, 15) is 14.4 Å². The Hall–Kier alpha value is -2.90. The Morgan fingerprint density at radius 3 is 2.29 bits per heavy atom. The van der Waals surface area contributed by atoms with Gasteiger partial charge in [-0.15, -0.1) is 0 Å². The number of nitrogens with zero attached hydrogens (tertiary/aromatic N) is 1. The van der Waals surface area contributed by atoms with E-state index in [-0.39, 0.29) is 29.7 Å². The minimum absolute atomic E-state index is 0.0138. The first-order chi connectivity index (χ1) is 16.4. The van der Waals surface area contributed by atoms with Crippen LogP contribution in [0.2, 0.25) is 5.02 Å². The molecule has 3 N–H and O–H groups in total. The van der Waals surface area contributed by atoms with Crippen molar-refractivity contribution in [2.24, 2.45) is 5.92 Å². The lowest BCUT2D eigenvalue weighted by molar-refractivity contribution is -0.125. The summed E-state index contributed by atoms with van der Waals surface area (Å²) in [5, 5.41) is 9.46. The van der Waals surface area contributed by atoms with Gasteiger partial charge in [-0.1, -0.05) is 50.1 Å². The minimum atomic E-state index is -0.622. The molecule has 1 fully saturated rings. The average Bonchev–Trinajstić information content (AvgIpc) is 2.84. The molecule has 1 heterocycles. The van der Waals surface area contributed by atoms with Crippen molar-refractivity contribution in [1.82, 2.24) is 15.5 Å². The number of carbonyl (C=O) groups is 3. The molecule has 34 heavy (non-hydrogen) atoms. The fourth-order valence-electron chi connectivity index (χ4n) is 3.98. The number of carbonyl (C=O) groups excluding carboxylic acids is 3. The van der Waals surface area contributed by atoms with E-state index in [1.165, 1.54) is 0 Å². The van der Waals surface area contributed by atoms with E-state index in [1.54, 1.807) is 24.3 Å². The topological polar surface area (TPSA) is 90.5 Å². The van der Waals surface area contributed by atoms with Gasteiger partial charge < -0.3 is 16.0 Å². The van der Waals surface area contributed by atoms with Crippen LogP contribution in [0.1, 0.15) is 43.5 Å².